The summed E-state index contributed by atoms with van der Waals surface area (Å²) < 4.78 is 0. The molecule has 2 aromatic rings. The second-order valence-electron chi connectivity index (χ2n) is 5.05. The van der Waals surface area contributed by atoms with Crippen LogP contribution < -0.4 is 11.1 Å². The number of aromatic nitrogens is 2. The first-order chi connectivity index (χ1) is 9.60. The fraction of sp³-hybridized carbons (Fsp3) is 0.375. The quantitative estimate of drug-likeness (QED) is 0.876. The summed E-state index contributed by atoms with van der Waals surface area (Å²) in [5.41, 5.74) is 10.4. The maximum absolute atomic E-state index is 5.95. The van der Waals surface area contributed by atoms with E-state index in [0.717, 1.165) is 29.9 Å². The first-order valence-electron chi connectivity index (χ1n) is 6.98. The first-order valence-corrected chi connectivity index (χ1v) is 6.98. The van der Waals surface area contributed by atoms with Crippen molar-refractivity contribution in [2.45, 2.75) is 33.2 Å². The van der Waals surface area contributed by atoms with E-state index in [1.165, 1.54) is 5.56 Å². The average molecular weight is 270 g/mol. The van der Waals surface area contributed by atoms with Crippen molar-refractivity contribution in [2.24, 2.45) is 0 Å². The van der Waals surface area contributed by atoms with E-state index in [2.05, 4.69) is 34.3 Å². The molecule has 2 rings (SSSR count). The van der Waals surface area contributed by atoms with Crippen molar-refractivity contribution in [1.82, 2.24) is 15.3 Å². The highest BCUT2D eigenvalue weighted by Crippen LogP contribution is 2.22. The van der Waals surface area contributed by atoms with E-state index in [0.29, 0.717) is 5.82 Å². The Kier molecular flexibility index (Phi) is 4.69. The Morgan fingerprint density at radius 2 is 1.95 bits per heavy atom. The Balaban J connectivity index is 2.29. The highest BCUT2D eigenvalue weighted by Gasteiger charge is 2.14. The Morgan fingerprint density at radius 3 is 2.55 bits per heavy atom. The van der Waals surface area contributed by atoms with Gasteiger partial charge in [-0.25, -0.2) is 4.98 Å². The summed E-state index contributed by atoms with van der Waals surface area (Å²) in [6.07, 6.45) is 2.55. The normalized spacial score (nSPS) is 12.3. The predicted molar refractivity (Wildman–Crippen MR) is 82.5 cm³/mol. The van der Waals surface area contributed by atoms with Crippen LogP contribution in [0.25, 0.3) is 0 Å². The van der Waals surface area contributed by atoms with E-state index in [1.807, 2.05) is 26.0 Å². The van der Waals surface area contributed by atoms with Gasteiger partial charge in [-0.2, -0.15) is 0 Å². The number of hydrogen-bond acceptors (Lipinski definition) is 4. The molecule has 0 aromatic carbocycles. The highest BCUT2D eigenvalue weighted by atomic mass is 14.9. The Bertz CT molecular complexity index is 560. The lowest BCUT2D eigenvalue weighted by molar-refractivity contribution is 0.548. The standard InChI is InChI=1S/C16H22N4/c1-4-18-15(10-13-6-5-7-19-16(13)17)14-8-11(2)20-12(3)9-14/h5-9,15,18H,4,10H2,1-3H3,(H2,17,19). The van der Waals surface area contributed by atoms with Gasteiger partial charge in [0.1, 0.15) is 5.82 Å². The monoisotopic (exact) mass is 270 g/mol. The zero-order chi connectivity index (χ0) is 14.5. The van der Waals surface area contributed by atoms with Crippen molar-refractivity contribution in [2.75, 3.05) is 12.3 Å². The summed E-state index contributed by atoms with van der Waals surface area (Å²) in [5, 5.41) is 3.52. The SMILES string of the molecule is CCNC(Cc1cccnc1N)c1cc(C)nc(C)c1. The molecule has 106 valence electrons. The summed E-state index contributed by atoms with van der Waals surface area (Å²) >= 11 is 0. The zero-order valence-corrected chi connectivity index (χ0v) is 12.4. The minimum Gasteiger partial charge on any atom is -0.383 e. The maximum atomic E-state index is 5.95. The number of hydrogen-bond donors (Lipinski definition) is 2. The molecule has 0 spiro atoms. The average Bonchev–Trinajstić information content (AvgIpc) is 2.39. The second-order valence-corrected chi connectivity index (χ2v) is 5.05. The predicted octanol–water partition coefficient (Wildman–Crippen LogP) is 2.57. The first kappa shape index (κ1) is 14.5. The molecule has 0 saturated carbocycles. The molecule has 20 heavy (non-hydrogen) atoms. The highest BCUT2D eigenvalue weighted by molar-refractivity contribution is 5.40. The van der Waals surface area contributed by atoms with Crippen molar-refractivity contribution in [3.63, 3.8) is 0 Å². The van der Waals surface area contributed by atoms with Crippen LogP contribution in [0.4, 0.5) is 5.82 Å². The third-order valence-corrected chi connectivity index (χ3v) is 3.31. The lowest BCUT2D eigenvalue weighted by atomic mass is 9.98. The summed E-state index contributed by atoms with van der Waals surface area (Å²) in [6.45, 7) is 7.07. The van der Waals surface area contributed by atoms with Crippen molar-refractivity contribution in [3.05, 3.63) is 53.0 Å². The van der Waals surface area contributed by atoms with Gasteiger partial charge in [0.25, 0.3) is 0 Å². The van der Waals surface area contributed by atoms with Crippen LogP contribution in [0.1, 0.15) is 35.5 Å². The molecule has 3 N–H and O–H groups in total. The molecule has 0 aliphatic rings. The minimum atomic E-state index is 0.229. The molecule has 0 fully saturated rings. The molecule has 2 heterocycles. The molecule has 0 saturated heterocycles. The van der Waals surface area contributed by atoms with Crippen LogP contribution in [0.5, 0.6) is 0 Å². The van der Waals surface area contributed by atoms with Crippen LogP contribution >= 0.6 is 0 Å². The fourth-order valence-electron chi connectivity index (χ4n) is 2.47. The Labute approximate surface area is 120 Å². The Morgan fingerprint density at radius 1 is 1.25 bits per heavy atom. The number of anilines is 1. The van der Waals surface area contributed by atoms with Gasteiger partial charge in [0.15, 0.2) is 0 Å². The van der Waals surface area contributed by atoms with E-state index in [-0.39, 0.29) is 6.04 Å². The molecular weight excluding hydrogens is 248 g/mol. The van der Waals surface area contributed by atoms with Crippen LogP contribution in [-0.4, -0.2) is 16.5 Å². The zero-order valence-electron chi connectivity index (χ0n) is 12.4. The van der Waals surface area contributed by atoms with Gasteiger partial charge < -0.3 is 11.1 Å². The summed E-state index contributed by atoms with van der Waals surface area (Å²) in [4.78, 5) is 8.60. The summed E-state index contributed by atoms with van der Waals surface area (Å²) in [7, 11) is 0. The van der Waals surface area contributed by atoms with Crippen molar-refractivity contribution >= 4 is 5.82 Å². The molecule has 0 aliphatic heterocycles. The lowest BCUT2D eigenvalue weighted by Gasteiger charge is -2.20. The van der Waals surface area contributed by atoms with Gasteiger partial charge in [-0.3, -0.25) is 4.98 Å². The topological polar surface area (TPSA) is 63.8 Å². The van der Waals surface area contributed by atoms with Crippen molar-refractivity contribution in [1.29, 1.82) is 0 Å². The van der Waals surface area contributed by atoms with E-state index in [1.54, 1.807) is 6.20 Å². The number of aryl methyl sites for hydroxylation is 2. The smallest absolute Gasteiger partial charge is 0.126 e. The number of rotatable bonds is 5. The molecule has 0 bridgehead atoms. The lowest BCUT2D eigenvalue weighted by Crippen LogP contribution is -2.23. The van der Waals surface area contributed by atoms with E-state index < -0.39 is 0 Å². The summed E-state index contributed by atoms with van der Waals surface area (Å²) in [5.74, 6) is 0.609. The van der Waals surface area contributed by atoms with E-state index in [4.69, 9.17) is 5.73 Å². The molecule has 4 heteroatoms. The van der Waals surface area contributed by atoms with Crippen LogP contribution in [0.15, 0.2) is 30.5 Å². The van der Waals surface area contributed by atoms with Crippen molar-refractivity contribution < 1.29 is 0 Å². The van der Waals surface area contributed by atoms with Crippen LogP contribution in [0, 0.1) is 13.8 Å². The minimum absolute atomic E-state index is 0.229. The molecular formula is C16H22N4. The van der Waals surface area contributed by atoms with Crippen LogP contribution in [-0.2, 0) is 6.42 Å². The second kappa shape index (κ2) is 6.48. The van der Waals surface area contributed by atoms with Gasteiger partial charge in [-0.1, -0.05) is 13.0 Å². The Hall–Kier alpha value is -1.94. The van der Waals surface area contributed by atoms with Gasteiger partial charge in [0, 0.05) is 23.6 Å². The van der Waals surface area contributed by atoms with Gasteiger partial charge in [0.2, 0.25) is 0 Å². The molecule has 1 unspecified atom stereocenters. The van der Waals surface area contributed by atoms with Crippen LogP contribution in [0.3, 0.4) is 0 Å². The van der Waals surface area contributed by atoms with E-state index in [9.17, 15) is 0 Å². The molecule has 0 radical (unpaired) electrons. The molecule has 2 aromatic heterocycles. The molecule has 0 amide bonds. The maximum Gasteiger partial charge on any atom is 0.126 e. The third kappa shape index (κ3) is 3.54. The molecule has 0 aliphatic carbocycles. The molecule has 1 atom stereocenters. The van der Waals surface area contributed by atoms with Gasteiger partial charge in [0.05, 0.1) is 0 Å². The van der Waals surface area contributed by atoms with Gasteiger partial charge in [-0.05, 0) is 56.1 Å². The van der Waals surface area contributed by atoms with Gasteiger partial charge >= 0.3 is 0 Å². The largest absolute Gasteiger partial charge is 0.383 e. The number of nitrogens with two attached hydrogens (primary N) is 1. The number of nitrogen functional groups attached to an aromatic ring is 1. The fourth-order valence-corrected chi connectivity index (χ4v) is 2.47. The number of pyridine rings is 2. The van der Waals surface area contributed by atoms with Gasteiger partial charge in [-0.15, -0.1) is 0 Å². The summed E-state index contributed by atoms with van der Waals surface area (Å²) in [6, 6.07) is 8.46. The molecule has 4 nitrogen and oxygen atoms in total. The third-order valence-electron chi connectivity index (χ3n) is 3.31. The number of nitrogens with zero attached hydrogens (tertiary/aromatic N) is 2. The van der Waals surface area contributed by atoms with E-state index >= 15 is 0 Å². The number of nitrogens with one attached hydrogen (secondary N) is 1. The number of likely N-dealkylation sites (N-methyl/N-ethyl adjacent to an activating group) is 1. The van der Waals surface area contributed by atoms with Crippen LogP contribution in [0.2, 0.25) is 0 Å². The van der Waals surface area contributed by atoms with Crippen molar-refractivity contribution in [3.8, 4) is 0 Å².